The van der Waals surface area contributed by atoms with Gasteiger partial charge in [0.15, 0.2) is 0 Å². The fourth-order valence-electron chi connectivity index (χ4n) is 3.49. The first-order valence-corrected chi connectivity index (χ1v) is 10.4. The molecule has 0 saturated carbocycles. The molecular formula is C25H22FN3O4. The summed E-state index contributed by atoms with van der Waals surface area (Å²) in [5.41, 5.74) is 1.03. The third kappa shape index (κ3) is 5.54. The van der Waals surface area contributed by atoms with E-state index in [9.17, 15) is 18.8 Å². The van der Waals surface area contributed by atoms with Gasteiger partial charge in [-0.3, -0.25) is 14.5 Å². The molecule has 3 aromatic carbocycles. The lowest BCUT2D eigenvalue weighted by Crippen LogP contribution is -2.54. The number of amides is 4. The summed E-state index contributed by atoms with van der Waals surface area (Å²) in [6.45, 7) is -0.477. The highest BCUT2D eigenvalue weighted by molar-refractivity contribution is 6.00. The number of rotatable bonds is 7. The highest BCUT2D eigenvalue weighted by atomic mass is 19.1. The summed E-state index contributed by atoms with van der Waals surface area (Å²) in [5.74, 6) is -0.218. The minimum absolute atomic E-state index is 0.00111. The molecule has 0 unspecified atom stereocenters. The quantitative estimate of drug-likeness (QED) is 0.575. The number of nitrogens with one attached hydrogen (secondary N) is 2. The number of hydrogen-bond acceptors (Lipinski definition) is 4. The van der Waals surface area contributed by atoms with Gasteiger partial charge in [0.05, 0.1) is 12.5 Å². The standard InChI is InChI=1S/C25H22FN3O4/c26-21-12-5-4-7-18(21)15-27-23(30)16-29-24(31)14-22(28-25(29)32)17-8-6-11-20(13-17)33-19-9-2-1-3-10-19/h1-13,22H,14-16H2,(H,27,30)(H,28,32)/t22-/m0/s1. The van der Waals surface area contributed by atoms with Crippen molar-refractivity contribution in [1.82, 2.24) is 15.5 Å². The van der Waals surface area contributed by atoms with Crippen LogP contribution < -0.4 is 15.4 Å². The van der Waals surface area contributed by atoms with Gasteiger partial charge in [-0.05, 0) is 35.9 Å². The summed E-state index contributed by atoms with van der Waals surface area (Å²) < 4.78 is 19.5. The Balaban J connectivity index is 1.35. The normalized spacial score (nSPS) is 15.7. The van der Waals surface area contributed by atoms with E-state index in [1.807, 2.05) is 30.3 Å². The molecule has 0 aromatic heterocycles. The largest absolute Gasteiger partial charge is 0.457 e. The highest BCUT2D eigenvalue weighted by Crippen LogP contribution is 2.28. The van der Waals surface area contributed by atoms with Crippen molar-refractivity contribution in [3.05, 3.63) is 95.8 Å². The van der Waals surface area contributed by atoms with E-state index in [1.165, 1.54) is 6.07 Å². The predicted octanol–water partition coefficient (Wildman–Crippen LogP) is 3.92. The van der Waals surface area contributed by atoms with Gasteiger partial charge < -0.3 is 15.4 Å². The van der Waals surface area contributed by atoms with Crippen molar-refractivity contribution in [2.75, 3.05) is 6.54 Å². The Morgan fingerprint density at radius 2 is 1.73 bits per heavy atom. The molecule has 0 radical (unpaired) electrons. The van der Waals surface area contributed by atoms with Crippen LogP contribution >= 0.6 is 0 Å². The van der Waals surface area contributed by atoms with E-state index in [0.29, 0.717) is 22.6 Å². The first-order valence-electron chi connectivity index (χ1n) is 10.4. The summed E-state index contributed by atoms with van der Waals surface area (Å²) in [5, 5.41) is 5.30. The van der Waals surface area contributed by atoms with Crippen molar-refractivity contribution < 1.29 is 23.5 Å². The van der Waals surface area contributed by atoms with Crippen molar-refractivity contribution >= 4 is 17.8 Å². The van der Waals surface area contributed by atoms with Crippen molar-refractivity contribution in [1.29, 1.82) is 0 Å². The van der Waals surface area contributed by atoms with Crippen LogP contribution in [0.4, 0.5) is 9.18 Å². The Hall–Kier alpha value is -4.20. The molecular weight excluding hydrogens is 425 g/mol. The molecule has 168 valence electrons. The van der Waals surface area contributed by atoms with Gasteiger partial charge >= 0.3 is 6.03 Å². The minimum atomic E-state index is -0.660. The van der Waals surface area contributed by atoms with Gasteiger partial charge in [-0.15, -0.1) is 0 Å². The molecule has 3 aromatic rings. The average molecular weight is 447 g/mol. The molecule has 1 fully saturated rings. The highest BCUT2D eigenvalue weighted by Gasteiger charge is 2.34. The van der Waals surface area contributed by atoms with E-state index in [-0.39, 0.29) is 13.0 Å². The number of ether oxygens (including phenoxy) is 1. The number of imide groups is 1. The minimum Gasteiger partial charge on any atom is -0.457 e. The maximum absolute atomic E-state index is 13.7. The van der Waals surface area contributed by atoms with Crippen LogP contribution in [0.15, 0.2) is 78.9 Å². The van der Waals surface area contributed by atoms with E-state index >= 15 is 0 Å². The summed E-state index contributed by atoms with van der Waals surface area (Å²) in [4.78, 5) is 38.3. The van der Waals surface area contributed by atoms with Gasteiger partial charge in [0.2, 0.25) is 11.8 Å². The summed E-state index contributed by atoms with van der Waals surface area (Å²) >= 11 is 0. The number of halogens is 1. The number of benzene rings is 3. The lowest BCUT2D eigenvalue weighted by Gasteiger charge is -2.31. The van der Waals surface area contributed by atoms with E-state index in [2.05, 4.69) is 10.6 Å². The molecule has 0 aliphatic carbocycles. The molecule has 33 heavy (non-hydrogen) atoms. The zero-order chi connectivity index (χ0) is 23.2. The molecule has 1 heterocycles. The van der Waals surface area contributed by atoms with E-state index < -0.39 is 36.2 Å². The van der Waals surface area contributed by atoms with Crippen LogP contribution in [0.25, 0.3) is 0 Å². The van der Waals surface area contributed by atoms with Crippen LogP contribution in [0.5, 0.6) is 11.5 Å². The molecule has 0 bridgehead atoms. The summed E-state index contributed by atoms with van der Waals surface area (Å²) in [6, 6.07) is 21.3. The lowest BCUT2D eigenvalue weighted by molar-refractivity contribution is -0.134. The molecule has 1 aliphatic heterocycles. The van der Waals surface area contributed by atoms with Gasteiger partial charge in [0.1, 0.15) is 23.9 Å². The van der Waals surface area contributed by atoms with E-state index in [4.69, 9.17) is 4.74 Å². The summed E-state index contributed by atoms with van der Waals surface area (Å²) in [6.07, 6.45) is 0.00111. The third-order valence-electron chi connectivity index (χ3n) is 5.20. The molecule has 1 atom stereocenters. The number of hydrogen-bond donors (Lipinski definition) is 2. The van der Waals surface area contributed by atoms with Crippen molar-refractivity contribution in [3.63, 3.8) is 0 Å². The summed E-state index contributed by atoms with van der Waals surface area (Å²) in [7, 11) is 0. The maximum atomic E-state index is 13.7. The Morgan fingerprint density at radius 3 is 2.48 bits per heavy atom. The van der Waals surface area contributed by atoms with E-state index in [0.717, 1.165) is 4.90 Å². The lowest BCUT2D eigenvalue weighted by atomic mass is 10.0. The van der Waals surface area contributed by atoms with Crippen molar-refractivity contribution in [2.45, 2.75) is 19.0 Å². The molecule has 2 N–H and O–H groups in total. The Morgan fingerprint density at radius 1 is 1.00 bits per heavy atom. The number of carbonyl (C=O) groups excluding carboxylic acids is 3. The van der Waals surface area contributed by atoms with Crippen LogP contribution in [0.1, 0.15) is 23.6 Å². The van der Waals surface area contributed by atoms with Gasteiger partial charge in [-0.25, -0.2) is 9.18 Å². The van der Waals surface area contributed by atoms with Crippen molar-refractivity contribution in [3.8, 4) is 11.5 Å². The third-order valence-corrected chi connectivity index (χ3v) is 5.20. The number of nitrogens with zero attached hydrogens (tertiary/aromatic N) is 1. The fraction of sp³-hybridized carbons (Fsp3) is 0.160. The molecule has 4 amide bonds. The van der Waals surface area contributed by atoms with Crippen LogP contribution in [0.3, 0.4) is 0 Å². The number of urea groups is 1. The number of carbonyl (C=O) groups is 3. The van der Waals surface area contributed by atoms with Gasteiger partial charge in [-0.1, -0.05) is 48.5 Å². The number of para-hydroxylation sites is 1. The molecule has 1 saturated heterocycles. The van der Waals surface area contributed by atoms with Crippen LogP contribution in [-0.4, -0.2) is 29.3 Å². The molecule has 4 rings (SSSR count). The van der Waals surface area contributed by atoms with Crippen molar-refractivity contribution in [2.24, 2.45) is 0 Å². The Kier molecular flexibility index (Phi) is 6.64. The van der Waals surface area contributed by atoms with Gasteiger partial charge in [0, 0.05) is 12.1 Å². The Bertz CT molecular complexity index is 1150. The zero-order valence-corrected chi connectivity index (χ0v) is 17.7. The second kappa shape index (κ2) is 9.95. The zero-order valence-electron chi connectivity index (χ0n) is 17.7. The Labute approximate surface area is 190 Å². The molecule has 8 heteroatoms. The smallest absolute Gasteiger partial charge is 0.325 e. The van der Waals surface area contributed by atoms with Crippen LogP contribution in [0, 0.1) is 5.82 Å². The monoisotopic (exact) mass is 447 g/mol. The van der Waals surface area contributed by atoms with Crippen LogP contribution in [0.2, 0.25) is 0 Å². The van der Waals surface area contributed by atoms with E-state index in [1.54, 1.807) is 42.5 Å². The average Bonchev–Trinajstić information content (AvgIpc) is 2.81. The first kappa shape index (κ1) is 22.0. The molecule has 0 spiro atoms. The topological polar surface area (TPSA) is 87.7 Å². The molecule has 7 nitrogen and oxygen atoms in total. The second-order valence-corrected chi connectivity index (χ2v) is 7.54. The van der Waals surface area contributed by atoms with Crippen LogP contribution in [-0.2, 0) is 16.1 Å². The fourth-order valence-corrected chi connectivity index (χ4v) is 3.49. The maximum Gasteiger partial charge on any atom is 0.325 e. The predicted molar refractivity (Wildman–Crippen MR) is 119 cm³/mol. The molecule has 1 aliphatic rings. The van der Waals surface area contributed by atoms with Gasteiger partial charge in [-0.2, -0.15) is 0 Å². The SMILES string of the molecule is O=C(CN1C(=O)C[C@@H](c2cccc(Oc3ccccc3)c2)NC1=O)NCc1ccccc1F. The van der Waals surface area contributed by atoms with Gasteiger partial charge in [0.25, 0.3) is 0 Å². The first-order chi connectivity index (χ1) is 16.0. The second-order valence-electron chi connectivity index (χ2n) is 7.54.